The van der Waals surface area contributed by atoms with Crippen LogP contribution in [-0.2, 0) is 6.67 Å². The maximum atomic E-state index is 9.73. The first-order valence-corrected chi connectivity index (χ1v) is 7.37. The van der Waals surface area contributed by atoms with Crippen LogP contribution in [0.5, 0.6) is 0 Å². The first-order chi connectivity index (χ1) is 9.72. The molecule has 1 aromatic heterocycles. The lowest BCUT2D eigenvalue weighted by molar-refractivity contribution is -0.931. The van der Waals surface area contributed by atoms with E-state index in [4.69, 9.17) is 12.2 Å². The van der Waals surface area contributed by atoms with E-state index in [1.807, 2.05) is 35.0 Å². The van der Waals surface area contributed by atoms with Gasteiger partial charge in [0.2, 0.25) is 4.77 Å². The van der Waals surface area contributed by atoms with Crippen LogP contribution in [0.1, 0.15) is 12.8 Å². The fourth-order valence-electron chi connectivity index (χ4n) is 2.68. The molecule has 1 saturated heterocycles. The maximum absolute atomic E-state index is 9.73. The van der Waals surface area contributed by atoms with E-state index in [2.05, 4.69) is 10.1 Å². The lowest BCUT2D eigenvalue weighted by Gasteiger charge is -2.26. The molecule has 1 aliphatic heterocycles. The van der Waals surface area contributed by atoms with Gasteiger partial charge in [-0.1, -0.05) is 30.3 Å². The first-order valence-electron chi connectivity index (χ1n) is 6.96. The lowest BCUT2D eigenvalue weighted by atomic mass is 10.1. The second kappa shape index (κ2) is 5.87. The largest absolute Gasteiger partial charge is 0.387 e. The predicted octanol–water partition coefficient (Wildman–Crippen LogP) is 0.605. The van der Waals surface area contributed by atoms with Crippen molar-refractivity contribution in [3.05, 3.63) is 35.1 Å². The minimum Gasteiger partial charge on any atom is -0.387 e. The number of hydrogen-bond donors (Lipinski definition) is 3. The van der Waals surface area contributed by atoms with Gasteiger partial charge < -0.3 is 10.0 Å². The highest BCUT2D eigenvalue weighted by Gasteiger charge is 2.21. The van der Waals surface area contributed by atoms with Gasteiger partial charge in [-0.15, -0.1) is 0 Å². The van der Waals surface area contributed by atoms with Crippen molar-refractivity contribution in [1.29, 1.82) is 0 Å². The summed E-state index contributed by atoms with van der Waals surface area (Å²) >= 11 is 5.32. The molecule has 0 aliphatic carbocycles. The number of benzene rings is 1. The Bertz CT molecular complexity index is 622. The predicted molar refractivity (Wildman–Crippen MR) is 78.8 cm³/mol. The number of aliphatic hydroxyl groups is 1. The van der Waals surface area contributed by atoms with Crippen LogP contribution in [-0.4, -0.2) is 39.1 Å². The van der Waals surface area contributed by atoms with Gasteiger partial charge in [0.05, 0.1) is 6.54 Å². The number of quaternary nitrogens is 1. The normalized spacial score (nSPS) is 22.9. The molecule has 0 radical (unpaired) electrons. The zero-order valence-electron chi connectivity index (χ0n) is 11.2. The Kier molecular flexibility index (Phi) is 3.95. The molecular weight excluding hydrogens is 272 g/mol. The third kappa shape index (κ3) is 2.98. The molecule has 2 atom stereocenters. The Labute approximate surface area is 122 Å². The quantitative estimate of drug-likeness (QED) is 0.726. The molecule has 5 nitrogen and oxygen atoms in total. The molecule has 6 heteroatoms. The van der Waals surface area contributed by atoms with Gasteiger partial charge in [-0.2, -0.15) is 4.98 Å². The third-order valence-electron chi connectivity index (χ3n) is 3.70. The van der Waals surface area contributed by atoms with E-state index < -0.39 is 0 Å². The van der Waals surface area contributed by atoms with Crippen molar-refractivity contribution >= 4 is 12.2 Å². The van der Waals surface area contributed by atoms with Gasteiger partial charge in [0.15, 0.2) is 12.5 Å². The Hall–Kier alpha value is -1.50. The molecule has 106 valence electrons. The Morgan fingerprint density at radius 2 is 2.20 bits per heavy atom. The van der Waals surface area contributed by atoms with Gasteiger partial charge in [-0.25, -0.2) is 4.68 Å². The molecule has 3 rings (SSSR count). The zero-order chi connectivity index (χ0) is 13.9. The topological polar surface area (TPSA) is 58.3 Å². The van der Waals surface area contributed by atoms with Gasteiger partial charge in [0.1, 0.15) is 12.6 Å². The SMILES string of the molecule is O[C@@H]1CCC[NH+](Cn2[nH]c(-c3ccccc3)nc2=S)C1. The van der Waals surface area contributed by atoms with Gasteiger partial charge in [-0.3, -0.25) is 5.10 Å². The monoisotopic (exact) mass is 291 g/mol. The van der Waals surface area contributed by atoms with Crippen LogP contribution in [0.4, 0.5) is 0 Å². The molecule has 2 heterocycles. The zero-order valence-corrected chi connectivity index (χ0v) is 12.1. The molecule has 20 heavy (non-hydrogen) atoms. The molecule has 1 fully saturated rings. The maximum Gasteiger partial charge on any atom is 0.221 e. The van der Waals surface area contributed by atoms with Crippen molar-refractivity contribution in [1.82, 2.24) is 14.8 Å². The van der Waals surface area contributed by atoms with Crippen LogP contribution in [0, 0.1) is 4.77 Å². The van der Waals surface area contributed by atoms with Crippen molar-refractivity contribution in [3.63, 3.8) is 0 Å². The number of rotatable bonds is 3. The number of nitrogens with zero attached hydrogens (tertiary/aromatic N) is 2. The highest BCUT2D eigenvalue weighted by molar-refractivity contribution is 7.71. The van der Waals surface area contributed by atoms with Crippen molar-refractivity contribution in [2.75, 3.05) is 13.1 Å². The Morgan fingerprint density at radius 1 is 1.40 bits per heavy atom. The molecule has 3 N–H and O–H groups in total. The summed E-state index contributed by atoms with van der Waals surface area (Å²) in [5, 5.41) is 13.0. The summed E-state index contributed by atoms with van der Waals surface area (Å²) in [6.45, 7) is 2.58. The molecule has 0 amide bonds. The van der Waals surface area contributed by atoms with Crippen LogP contribution < -0.4 is 4.90 Å². The fraction of sp³-hybridized carbons (Fsp3) is 0.429. The summed E-state index contributed by atoms with van der Waals surface area (Å²) in [5.74, 6) is 0.799. The number of aliphatic hydroxyl groups excluding tert-OH is 1. The van der Waals surface area contributed by atoms with E-state index in [-0.39, 0.29) is 6.10 Å². The molecule has 0 saturated carbocycles. The Balaban J connectivity index is 1.78. The molecular formula is C14H19N4OS+. The van der Waals surface area contributed by atoms with Crippen LogP contribution >= 0.6 is 12.2 Å². The van der Waals surface area contributed by atoms with Gasteiger partial charge in [-0.05, 0) is 25.1 Å². The molecule has 0 bridgehead atoms. The van der Waals surface area contributed by atoms with E-state index in [0.717, 1.165) is 44.0 Å². The number of piperidine rings is 1. The van der Waals surface area contributed by atoms with Gasteiger partial charge in [0, 0.05) is 5.56 Å². The second-order valence-electron chi connectivity index (χ2n) is 5.31. The Morgan fingerprint density at radius 3 is 2.95 bits per heavy atom. The number of aromatic nitrogens is 3. The van der Waals surface area contributed by atoms with Crippen LogP contribution in [0.15, 0.2) is 30.3 Å². The van der Waals surface area contributed by atoms with Crippen LogP contribution in [0.2, 0.25) is 0 Å². The molecule has 1 aliphatic rings. The van der Waals surface area contributed by atoms with Crippen molar-refractivity contribution < 1.29 is 10.0 Å². The van der Waals surface area contributed by atoms with Crippen LogP contribution in [0.3, 0.4) is 0 Å². The number of aromatic amines is 1. The lowest BCUT2D eigenvalue weighted by Crippen LogP contribution is -3.13. The fourth-order valence-corrected chi connectivity index (χ4v) is 2.88. The van der Waals surface area contributed by atoms with E-state index >= 15 is 0 Å². The average Bonchev–Trinajstić information content (AvgIpc) is 2.81. The molecule has 1 unspecified atom stereocenters. The van der Waals surface area contributed by atoms with Crippen molar-refractivity contribution in [2.45, 2.75) is 25.6 Å². The van der Waals surface area contributed by atoms with Gasteiger partial charge in [0.25, 0.3) is 0 Å². The average molecular weight is 291 g/mol. The van der Waals surface area contributed by atoms with E-state index in [1.165, 1.54) is 4.90 Å². The van der Waals surface area contributed by atoms with Crippen molar-refractivity contribution in [2.24, 2.45) is 0 Å². The smallest absolute Gasteiger partial charge is 0.221 e. The van der Waals surface area contributed by atoms with Gasteiger partial charge >= 0.3 is 0 Å². The molecule has 1 aromatic carbocycles. The summed E-state index contributed by atoms with van der Waals surface area (Å²) in [5.41, 5.74) is 1.03. The van der Waals surface area contributed by atoms with Crippen molar-refractivity contribution in [3.8, 4) is 11.4 Å². The number of likely N-dealkylation sites (tertiary alicyclic amines) is 1. The van der Waals surface area contributed by atoms with E-state index in [9.17, 15) is 5.11 Å². The van der Waals surface area contributed by atoms with E-state index in [0.29, 0.717) is 4.77 Å². The summed E-state index contributed by atoms with van der Waals surface area (Å²) in [6.07, 6.45) is 1.78. The number of nitrogens with one attached hydrogen (secondary N) is 2. The molecule has 0 spiro atoms. The summed E-state index contributed by atoms with van der Waals surface area (Å²) in [6, 6.07) is 9.97. The second-order valence-corrected chi connectivity index (χ2v) is 5.67. The third-order valence-corrected chi connectivity index (χ3v) is 4.01. The number of H-pyrrole nitrogens is 1. The summed E-state index contributed by atoms with van der Waals surface area (Å²) in [4.78, 5) is 5.75. The standard InChI is InChI=1S/C14H18N4OS/c19-12-7-4-8-17(9-12)10-18-14(20)15-13(16-18)11-5-2-1-3-6-11/h1-3,5-6,12,19H,4,7-10H2,(H,15,16,20)/p+1/t12-/m1/s1. The van der Waals surface area contributed by atoms with Crippen LogP contribution in [0.25, 0.3) is 11.4 Å². The molecule has 2 aromatic rings. The number of hydrogen-bond acceptors (Lipinski definition) is 3. The first kappa shape index (κ1) is 13.5. The summed E-state index contributed by atoms with van der Waals surface area (Å²) < 4.78 is 2.46. The summed E-state index contributed by atoms with van der Waals surface area (Å²) in [7, 11) is 0. The highest BCUT2D eigenvalue weighted by atomic mass is 32.1. The minimum absolute atomic E-state index is 0.190. The minimum atomic E-state index is -0.190. The highest BCUT2D eigenvalue weighted by Crippen LogP contribution is 2.13. The van der Waals surface area contributed by atoms with E-state index in [1.54, 1.807) is 0 Å².